The zero-order valence-electron chi connectivity index (χ0n) is 19.9. The lowest BCUT2D eigenvalue weighted by Crippen LogP contribution is -2.30. The molecule has 0 fully saturated rings. The molecule has 0 aliphatic carbocycles. The van der Waals surface area contributed by atoms with Crippen LogP contribution in [0, 0.1) is 12.7 Å². The van der Waals surface area contributed by atoms with Crippen LogP contribution in [0.5, 0.6) is 5.75 Å². The third kappa shape index (κ3) is 6.27. The van der Waals surface area contributed by atoms with Crippen molar-refractivity contribution in [2.24, 2.45) is 0 Å². The maximum absolute atomic E-state index is 13.2. The van der Waals surface area contributed by atoms with Gasteiger partial charge in [-0.2, -0.15) is 0 Å². The van der Waals surface area contributed by atoms with E-state index in [1.807, 2.05) is 66.9 Å². The van der Waals surface area contributed by atoms with Crippen molar-refractivity contribution >= 4 is 17.7 Å². The number of nitrogens with one attached hydrogen (secondary N) is 1. The monoisotopic (exact) mass is 490 g/mol. The Morgan fingerprint density at radius 2 is 1.80 bits per heavy atom. The van der Waals surface area contributed by atoms with Gasteiger partial charge in [0.1, 0.15) is 11.6 Å². The summed E-state index contributed by atoms with van der Waals surface area (Å²) in [6.45, 7) is 3.92. The summed E-state index contributed by atoms with van der Waals surface area (Å²) < 4.78 is 20.5. The zero-order valence-corrected chi connectivity index (χ0v) is 20.7. The maximum atomic E-state index is 13.2. The van der Waals surface area contributed by atoms with Crippen LogP contribution in [0.3, 0.4) is 0 Å². The summed E-state index contributed by atoms with van der Waals surface area (Å²) in [5.41, 5.74) is 3.92. The molecule has 1 amide bonds. The third-order valence-corrected chi connectivity index (χ3v) is 6.50. The van der Waals surface area contributed by atoms with Crippen LogP contribution in [0.15, 0.2) is 78.0 Å². The minimum absolute atomic E-state index is 0.154. The van der Waals surface area contributed by atoms with Crippen molar-refractivity contribution < 1.29 is 13.9 Å². The van der Waals surface area contributed by atoms with E-state index >= 15 is 0 Å². The molecule has 0 saturated heterocycles. The van der Waals surface area contributed by atoms with Crippen LogP contribution >= 0.6 is 11.8 Å². The molecule has 1 aromatic heterocycles. The Labute approximate surface area is 208 Å². The summed E-state index contributed by atoms with van der Waals surface area (Å²) in [6, 6.07) is 21.6. The molecule has 1 atom stereocenters. The van der Waals surface area contributed by atoms with E-state index in [1.165, 1.54) is 12.1 Å². The first-order valence-corrected chi connectivity index (χ1v) is 12.2. The maximum Gasteiger partial charge on any atom is 0.224 e. The van der Waals surface area contributed by atoms with Gasteiger partial charge in [-0.15, -0.1) is 10.2 Å². The van der Waals surface area contributed by atoms with Gasteiger partial charge >= 0.3 is 0 Å². The van der Waals surface area contributed by atoms with Crippen molar-refractivity contribution in [3.05, 3.63) is 101 Å². The molecule has 1 N–H and O–H groups in total. The molecule has 0 saturated carbocycles. The van der Waals surface area contributed by atoms with Crippen LogP contribution < -0.4 is 10.1 Å². The molecule has 8 heteroatoms. The van der Waals surface area contributed by atoms with Gasteiger partial charge in [-0.1, -0.05) is 53.7 Å². The topological polar surface area (TPSA) is 69.0 Å². The van der Waals surface area contributed by atoms with E-state index in [0.29, 0.717) is 11.6 Å². The van der Waals surface area contributed by atoms with Crippen LogP contribution in [-0.4, -0.2) is 27.8 Å². The van der Waals surface area contributed by atoms with Crippen molar-refractivity contribution in [2.75, 3.05) is 7.11 Å². The first-order chi connectivity index (χ1) is 16.9. The number of halogens is 1. The van der Waals surface area contributed by atoms with Gasteiger partial charge in [0.05, 0.1) is 19.6 Å². The van der Waals surface area contributed by atoms with E-state index in [9.17, 15) is 9.18 Å². The van der Waals surface area contributed by atoms with Crippen molar-refractivity contribution in [1.82, 2.24) is 20.1 Å². The van der Waals surface area contributed by atoms with Crippen LogP contribution in [-0.2, 0) is 17.0 Å². The number of carbonyl (C=O) groups excluding carboxylic acids is 1. The highest BCUT2D eigenvalue weighted by atomic mass is 32.2. The van der Waals surface area contributed by atoms with Gasteiger partial charge in [-0.25, -0.2) is 4.39 Å². The van der Waals surface area contributed by atoms with E-state index in [2.05, 4.69) is 15.5 Å². The number of hydrogen-bond acceptors (Lipinski definition) is 5. The summed E-state index contributed by atoms with van der Waals surface area (Å²) in [5, 5.41) is 12.6. The Morgan fingerprint density at radius 3 is 2.51 bits per heavy atom. The van der Waals surface area contributed by atoms with Gasteiger partial charge < -0.3 is 10.1 Å². The fraction of sp³-hybridized carbons (Fsp3) is 0.222. The Hall–Kier alpha value is -3.65. The highest BCUT2D eigenvalue weighted by molar-refractivity contribution is 7.98. The van der Waals surface area contributed by atoms with E-state index in [4.69, 9.17) is 4.74 Å². The molecule has 0 spiro atoms. The lowest BCUT2D eigenvalue weighted by atomic mass is 10.1. The van der Waals surface area contributed by atoms with Gasteiger partial charge in [0.2, 0.25) is 5.91 Å². The predicted octanol–water partition coefficient (Wildman–Crippen LogP) is 5.44. The second kappa shape index (κ2) is 11.2. The Bertz CT molecular complexity index is 1290. The molecule has 0 bridgehead atoms. The van der Waals surface area contributed by atoms with Crippen LogP contribution in [0.4, 0.5) is 4.39 Å². The number of aromatic nitrogens is 3. The van der Waals surface area contributed by atoms with Crippen LogP contribution in [0.1, 0.15) is 35.5 Å². The van der Waals surface area contributed by atoms with Crippen molar-refractivity contribution in [2.45, 2.75) is 37.2 Å². The molecule has 180 valence electrons. The smallest absolute Gasteiger partial charge is 0.224 e. The van der Waals surface area contributed by atoms with Crippen molar-refractivity contribution in [3.8, 4) is 11.4 Å². The fourth-order valence-corrected chi connectivity index (χ4v) is 4.55. The summed E-state index contributed by atoms with van der Waals surface area (Å²) in [4.78, 5) is 12.7. The van der Waals surface area contributed by atoms with E-state index in [0.717, 1.165) is 33.3 Å². The third-order valence-electron chi connectivity index (χ3n) is 5.50. The van der Waals surface area contributed by atoms with Gasteiger partial charge in [0.15, 0.2) is 11.0 Å². The van der Waals surface area contributed by atoms with E-state index < -0.39 is 0 Å². The zero-order chi connectivity index (χ0) is 24.8. The number of carbonyl (C=O) groups is 1. The van der Waals surface area contributed by atoms with Gasteiger partial charge in [0, 0.05) is 11.4 Å². The number of rotatable bonds is 9. The number of hydrogen-bond donors (Lipinski definition) is 1. The first kappa shape index (κ1) is 24.5. The van der Waals surface area contributed by atoms with Gasteiger partial charge in [0.25, 0.3) is 0 Å². The molecular weight excluding hydrogens is 463 g/mol. The number of thioether (sulfide) groups is 1. The Balaban J connectivity index is 1.55. The van der Waals surface area contributed by atoms with Crippen molar-refractivity contribution in [1.29, 1.82) is 0 Å². The van der Waals surface area contributed by atoms with Gasteiger partial charge in [-0.05, 0) is 61.4 Å². The number of amides is 1. The van der Waals surface area contributed by atoms with Gasteiger partial charge in [-0.3, -0.25) is 9.36 Å². The minimum Gasteiger partial charge on any atom is -0.497 e. The largest absolute Gasteiger partial charge is 0.497 e. The molecule has 1 unspecified atom stereocenters. The number of nitrogens with zero attached hydrogens (tertiary/aromatic N) is 3. The minimum atomic E-state index is -0.386. The molecule has 0 aliphatic rings. The van der Waals surface area contributed by atoms with Crippen molar-refractivity contribution in [3.63, 3.8) is 0 Å². The van der Waals surface area contributed by atoms with Crippen LogP contribution in [0.2, 0.25) is 0 Å². The lowest BCUT2D eigenvalue weighted by molar-refractivity contribution is -0.121. The molecule has 4 rings (SSSR count). The average Bonchev–Trinajstić information content (AvgIpc) is 3.29. The molecule has 0 aliphatic heterocycles. The lowest BCUT2D eigenvalue weighted by Gasteiger charge is -2.16. The summed E-state index contributed by atoms with van der Waals surface area (Å²) in [5.74, 6) is 1.63. The molecule has 3 aromatic carbocycles. The molecule has 0 radical (unpaired) electrons. The highest BCUT2D eigenvalue weighted by Gasteiger charge is 2.21. The second-order valence-corrected chi connectivity index (χ2v) is 9.19. The standard InChI is InChI=1S/C27H27FN4O2S/c1-18-7-13-23(14-8-18)32-26(19(2)29-25(33)16-20-9-11-22(28)12-10-20)30-31-27(32)35-17-21-5-4-6-24(15-21)34-3/h4-15,19H,16-17H2,1-3H3,(H,29,33). The van der Waals surface area contributed by atoms with Crippen LogP contribution in [0.25, 0.3) is 5.69 Å². The molecular formula is C27H27FN4O2S. The predicted molar refractivity (Wildman–Crippen MR) is 135 cm³/mol. The highest BCUT2D eigenvalue weighted by Crippen LogP contribution is 2.28. The summed E-state index contributed by atoms with van der Waals surface area (Å²) in [6.07, 6.45) is 0.154. The molecule has 6 nitrogen and oxygen atoms in total. The number of benzene rings is 3. The number of methoxy groups -OCH3 is 1. The fourth-order valence-electron chi connectivity index (χ4n) is 3.65. The average molecular weight is 491 g/mol. The quantitative estimate of drug-likeness (QED) is 0.317. The van der Waals surface area contributed by atoms with E-state index in [1.54, 1.807) is 31.0 Å². The normalized spacial score (nSPS) is 11.8. The van der Waals surface area contributed by atoms with E-state index in [-0.39, 0.29) is 24.2 Å². The molecule has 35 heavy (non-hydrogen) atoms. The number of aryl methyl sites for hydroxylation is 1. The first-order valence-electron chi connectivity index (χ1n) is 11.2. The molecule has 4 aromatic rings. The Kier molecular flexibility index (Phi) is 7.82. The molecule has 1 heterocycles. The SMILES string of the molecule is COc1cccc(CSc2nnc(C(C)NC(=O)Cc3ccc(F)cc3)n2-c2ccc(C)cc2)c1. The number of ether oxygens (including phenoxy) is 1. The summed E-state index contributed by atoms with van der Waals surface area (Å²) >= 11 is 1.57. The Morgan fingerprint density at radius 1 is 1.06 bits per heavy atom. The second-order valence-electron chi connectivity index (χ2n) is 8.24. The summed E-state index contributed by atoms with van der Waals surface area (Å²) in [7, 11) is 1.65.